The smallest absolute Gasteiger partial charge is 0.166 e. The van der Waals surface area contributed by atoms with Crippen LogP contribution in [0, 0.1) is 41.7 Å². The summed E-state index contributed by atoms with van der Waals surface area (Å²) in [6, 6.07) is 0. The molecule has 97 valence electrons. The van der Waals surface area contributed by atoms with Gasteiger partial charge in [-0.15, -0.1) is 11.5 Å². The molecule has 1 rings (SSSR count). The summed E-state index contributed by atoms with van der Waals surface area (Å²) in [5.74, 6) is -3.17. The minimum absolute atomic E-state index is 0.351. The summed E-state index contributed by atoms with van der Waals surface area (Å²) < 4.78 is 53.3. The minimum atomic E-state index is -1.69. The van der Waals surface area contributed by atoms with Gasteiger partial charge < -0.3 is 0 Å². The molecule has 18 heavy (non-hydrogen) atoms. The van der Waals surface area contributed by atoms with E-state index in [0.29, 0.717) is 0 Å². The molecule has 0 N–H and O–H groups in total. The van der Waals surface area contributed by atoms with E-state index >= 15 is 0 Å². The van der Waals surface area contributed by atoms with Gasteiger partial charge in [-0.3, -0.25) is 0 Å². The van der Waals surface area contributed by atoms with Gasteiger partial charge in [0.25, 0.3) is 0 Å². The zero-order valence-electron chi connectivity index (χ0n) is 10.4. The van der Waals surface area contributed by atoms with Crippen molar-refractivity contribution in [3.05, 3.63) is 41.3 Å². The van der Waals surface area contributed by atoms with E-state index in [1.807, 2.05) is 19.6 Å². The van der Waals surface area contributed by atoms with E-state index < -0.39 is 42.5 Å². The highest BCUT2D eigenvalue weighted by molar-refractivity contribution is 6.83. The van der Waals surface area contributed by atoms with Crippen LogP contribution in [0.3, 0.4) is 0 Å². The van der Waals surface area contributed by atoms with Gasteiger partial charge in [0.1, 0.15) is 8.07 Å². The Bertz CT molecular complexity index is 504. The van der Waals surface area contributed by atoms with Gasteiger partial charge in [0.05, 0.1) is 0 Å². The maximum atomic E-state index is 13.4. The maximum absolute atomic E-state index is 13.4. The Morgan fingerprint density at radius 2 is 1.39 bits per heavy atom. The first-order chi connectivity index (χ1) is 8.15. The summed E-state index contributed by atoms with van der Waals surface area (Å²) in [6.45, 7) is 8.80. The lowest BCUT2D eigenvalue weighted by Gasteiger charge is -2.08. The molecule has 0 nitrogen and oxygen atoms in total. The third-order valence-corrected chi connectivity index (χ3v) is 3.10. The Labute approximate surface area is 105 Å². The number of halogens is 4. The van der Waals surface area contributed by atoms with Crippen molar-refractivity contribution in [3.63, 3.8) is 0 Å². The molecular weight excluding hydrogens is 260 g/mol. The Balaban J connectivity index is 3.22. The highest BCUT2D eigenvalue weighted by Crippen LogP contribution is 2.23. The molecule has 0 fully saturated rings. The maximum Gasteiger partial charge on any atom is 0.166 e. The van der Waals surface area contributed by atoms with Crippen molar-refractivity contribution < 1.29 is 17.6 Å². The van der Waals surface area contributed by atoms with Gasteiger partial charge in [-0.1, -0.05) is 19.6 Å². The monoisotopic (exact) mass is 273 g/mol. The first-order valence-electron chi connectivity index (χ1n) is 5.32. The summed E-state index contributed by atoms with van der Waals surface area (Å²) in [5.41, 5.74) is 1.30. The van der Waals surface area contributed by atoms with Crippen molar-refractivity contribution in [3.8, 4) is 11.5 Å². The van der Waals surface area contributed by atoms with Crippen molar-refractivity contribution in [2.45, 2.75) is 26.1 Å². The molecule has 0 saturated heterocycles. The Morgan fingerprint density at radius 1 is 0.944 bits per heavy atom. The normalized spacial score (nSPS) is 11.1. The van der Waals surface area contributed by atoms with Crippen LogP contribution in [0.5, 0.6) is 0 Å². The molecule has 1 aromatic carbocycles. The van der Waals surface area contributed by atoms with Gasteiger partial charge in [0, 0.05) is 17.5 Å². The third kappa shape index (κ3) is 3.14. The summed E-state index contributed by atoms with van der Waals surface area (Å²) in [7, 11) is -1.69. The lowest BCUT2D eigenvalue weighted by Crippen LogP contribution is -2.16. The second-order valence-corrected chi connectivity index (χ2v) is 9.69. The second-order valence-electron chi connectivity index (χ2n) is 4.94. The van der Waals surface area contributed by atoms with E-state index in [0.717, 1.165) is 0 Å². The zero-order valence-corrected chi connectivity index (χ0v) is 11.4. The lowest BCUT2D eigenvalue weighted by atomic mass is 10.1. The summed E-state index contributed by atoms with van der Waals surface area (Å²) in [4.78, 5) is 0. The Morgan fingerprint density at radius 3 is 1.78 bits per heavy atom. The quantitative estimate of drug-likeness (QED) is 0.315. The molecule has 1 aromatic rings. The van der Waals surface area contributed by atoms with E-state index in [4.69, 9.17) is 0 Å². The number of benzene rings is 1. The summed E-state index contributed by atoms with van der Waals surface area (Å²) in [5, 5.41) is 0. The van der Waals surface area contributed by atoms with Gasteiger partial charge in [-0.2, -0.15) is 0 Å². The Hall–Kier alpha value is -1.28. The van der Waals surface area contributed by atoms with Crippen LogP contribution in [0.4, 0.5) is 17.6 Å². The van der Waals surface area contributed by atoms with Gasteiger partial charge >= 0.3 is 0 Å². The van der Waals surface area contributed by atoms with Crippen molar-refractivity contribution in [2.75, 3.05) is 0 Å². The molecule has 0 bridgehead atoms. The van der Waals surface area contributed by atoms with Crippen molar-refractivity contribution in [1.29, 1.82) is 0 Å². The van der Waals surface area contributed by atoms with Crippen molar-refractivity contribution in [2.24, 2.45) is 0 Å². The molecule has 5 heteroatoms. The van der Waals surface area contributed by atoms with Gasteiger partial charge in [-0.25, -0.2) is 17.6 Å². The molecule has 0 amide bonds. The first kappa shape index (κ1) is 14.8. The van der Waals surface area contributed by atoms with Crippen molar-refractivity contribution >= 4 is 8.07 Å². The molecule has 0 atom stereocenters. The lowest BCUT2D eigenvalue weighted by molar-refractivity contribution is 0.438. The zero-order chi connectivity index (χ0) is 14.1. The third-order valence-electron chi connectivity index (χ3n) is 2.17. The molecule has 0 aliphatic carbocycles. The highest BCUT2D eigenvalue weighted by atomic mass is 28.3. The average Bonchev–Trinajstić information content (AvgIpc) is 2.27. The predicted molar refractivity (Wildman–Crippen MR) is 65.6 cm³/mol. The van der Waals surface area contributed by atoms with E-state index in [2.05, 4.69) is 18.4 Å². The van der Waals surface area contributed by atoms with Crippen LogP contribution in [0.1, 0.15) is 11.1 Å². The van der Waals surface area contributed by atoms with E-state index in [-0.39, 0.29) is 6.42 Å². The first-order valence-corrected chi connectivity index (χ1v) is 8.82. The van der Waals surface area contributed by atoms with Gasteiger partial charge in [0.2, 0.25) is 0 Å². The van der Waals surface area contributed by atoms with E-state index in [1.165, 1.54) is 0 Å². The van der Waals surface area contributed by atoms with E-state index in [9.17, 15) is 17.6 Å². The van der Waals surface area contributed by atoms with Gasteiger partial charge in [0.15, 0.2) is 23.3 Å². The fraction of sp³-hybridized carbons (Fsp3) is 0.308. The van der Waals surface area contributed by atoms with Crippen LogP contribution >= 0.6 is 0 Å². The molecule has 0 spiro atoms. The largest absolute Gasteiger partial charge is 0.203 e. The number of hydrogen-bond acceptors (Lipinski definition) is 0. The fourth-order valence-corrected chi connectivity index (χ4v) is 1.89. The van der Waals surface area contributed by atoms with Crippen LogP contribution in [0.25, 0.3) is 0 Å². The molecule has 0 saturated carbocycles. The minimum Gasteiger partial charge on any atom is -0.203 e. The van der Waals surface area contributed by atoms with Crippen LogP contribution in [0.2, 0.25) is 19.6 Å². The van der Waals surface area contributed by atoms with Crippen LogP contribution in [-0.2, 0) is 6.42 Å². The number of hydrogen-bond donors (Lipinski definition) is 0. The SMILES string of the molecule is [CH2]c1c(F)c(F)c(CC#C[Si](C)(C)C)c(F)c1F. The van der Waals surface area contributed by atoms with Gasteiger partial charge in [-0.05, 0) is 6.92 Å². The summed E-state index contributed by atoms with van der Waals surface area (Å²) >= 11 is 0. The number of rotatable bonds is 1. The molecule has 1 radical (unpaired) electrons. The molecular formula is C13H13F4Si. The van der Waals surface area contributed by atoms with E-state index in [1.54, 1.807) is 0 Å². The van der Waals surface area contributed by atoms with Crippen LogP contribution in [-0.4, -0.2) is 8.07 Å². The summed E-state index contributed by atoms with van der Waals surface area (Å²) in [6.07, 6.45) is -0.351. The molecule has 0 aliphatic heterocycles. The molecule has 0 aliphatic rings. The Kier molecular flexibility index (Phi) is 4.23. The molecule has 0 heterocycles. The standard InChI is InChI=1S/C13H13F4Si/c1-8-10(14)12(16)9(13(17)11(8)15)6-5-7-18(2,3)4/h1,6H2,2-4H3. The highest BCUT2D eigenvalue weighted by Gasteiger charge is 2.22. The molecule has 0 unspecified atom stereocenters. The average molecular weight is 273 g/mol. The van der Waals surface area contributed by atoms with Crippen LogP contribution < -0.4 is 0 Å². The predicted octanol–water partition coefficient (Wildman–Crippen LogP) is 3.85. The van der Waals surface area contributed by atoms with Crippen LogP contribution in [0.15, 0.2) is 0 Å². The second kappa shape index (κ2) is 5.15. The molecule has 0 aromatic heterocycles. The van der Waals surface area contributed by atoms with Crippen molar-refractivity contribution in [1.82, 2.24) is 0 Å². The fourth-order valence-electron chi connectivity index (χ4n) is 1.28. The topological polar surface area (TPSA) is 0 Å².